The van der Waals surface area contributed by atoms with Gasteiger partial charge in [-0.15, -0.1) is 0 Å². The van der Waals surface area contributed by atoms with Gasteiger partial charge in [0.2, 0.25) is 0 Å². The summed E-state index contributed by atoms with van der Waals surface area (Å²) in [5.74, 6) is 0.574. The zero-order chi connectivity index (χ0) is 18.7. The van der Waals surface area contributed by atoms with Crippen molar-refractivity contribution in [1.82, 2.24) is 14.7 Å². The average Bonchev–Trinajstić information content (AvgIpc) is 3.12. The summed E-state index contributed by atoms with van der Waals surface area (Å²) < 4.78 is 8.06. The third kappa shape index (κ3) is 3.80. The first-order chi connectivity index (χ1) is 12.5. The van der Waals surface area contributed by atoms with Crippen molar-refractivity contribution in [2.24, 2.45) is 0 Å². The Morgan fingerprint density at radius 1 is 1.23 bits per heavy atom. The van der Waals surface area contributed by atoms with E-state index in [4.69, 9.17) is 4.74 Å². The molecule has 3 rings (SSSR count). The van der Waals surface area contributed by atoms with Gasteiger partial charge in [0.25, 0.3) is 5.91 Å². The van der Waals surface area contributed by atoms with Crippen molar-refractivity contribution in [3.8, 4) is 11.4 Å². The van der Waals surface area contributed by atoms with Crippen LogP contribution in [0.5, 0.6) is 5.75 Å². The number of amides is 1. The Morgan fingerprint density at radius 3 is 2.73 bits per heavy atom. The van der Waals surface area contributed by atoms with Gasteiger partial charge in [-0.25, -0.2) is 4.68 Å². The number of hydrogen-bond acceptors (Lipinski definition) is 3. The monoisotopic (exact) mass is 413 g/mol. The van der Waals surface area contributed by atoms with E-state index in [0.29, 0.717) is 18.0 Å². The molecule has 0 saturated heterocycles. The summed E-state index contributed by atoms with van der Waals surface area (Å²) in [4.78, 5) is 14.4. The first kappa shape index (κ1) is 18.2. The third-order valence-corrected chi connectivity index (χ3v) is 4.88. The van der Waals surface area contributed by atoms with Gasteiger partial charge < -0.3 is 9.64 Å². The summed E-state index contributed by atoms with van der Waals surface area (Å²) >= 11 is 3.52. The summed E-state index contributed by atoms with van der Waals surface area (Å²) in [5.41, 5.74) is 3.33. The van der Waals surface area contributed by atoms with Crippen molar-refractivity contribution in [3.63, 3.8) is 0 Å². The molecule has 0 N–H and O–H groups in total. The number of rotatable bonds is 5. The summed E-state index contributed by atoms with van der Waals surface area (Å²) in [5, 5.41) is 4.45. The van der Waals surface area contributed by atoms with Crippen LogP contribution in [0, 0.1) is 6.92 Å². The highest BCUT2D eigenvalue weighted by Crippen LogP contribution is 2.24. The van der Waals surface area contributed by atoms with Crippen LogP contribution in [0.1, 0.15) is 21.6 Å². The molecule has 6 heteroatoms. The quantitative estimate of drug-likeness (QED) is 0.628. The SMILES string of the molecule is COc1ccc(C)cc1-n1ccc(C(=O)N(C)Cc2ccccc2Br)n1. The van der Waals surface area contributed by atoms with E-state index >= 15 is 0 Å². The van der Waals surface area contributed by atoms with Gasteiger partial charge in [-0.05, 0) is 42.3 Å². The second-order valence-electron chi connectivity index (χ2n) is 6.07. The highest BCUT2D eigenvalue weighted by atomic mass is 79.9. The molecule has 26 heavy (non-hydrogen) atoms. The molecule has 5 nitrogen and oxygen atoms in total. The summed E-state index contributed by atoms with van der Waals surface area (Å²) in [7, 11) is 3.39. The Kier molecular flexibility index (Phi) is 5.42. The van der Waals surface area contributed by atoms with E-state index in [0.717, 1.165) is 21.3 Å². The van der Waals surface area contributed by atoms with Gasteiger partial charge in [0.15, 0.2) is 5.69 Å². The molecule has 0 radical (unpaired) electrons. The van der Waals surface area contributed by atoms with Crippen molar-refractivity contribution in [3.05, 3.63) is 76.0 Å². The Morgan fingerprint density at radius 2 is 2.00 bits per heavy atom. The van der Waals surface area contributed by atoms with Crippen LogP contribution in [0.15, 0.2) is 59.2 Å². The van der Waals surface area contributed by atoms with Crippen molar-refractivity contribution >= 4 is 21.8 Å². The molecule has 2 aromatic carbocycles. The smallest absolute Gasteiger partial charge is 0.274 e. The molecule has 0 saturated carbocycles. The van der Waals surface area contributed by atoms with Gasteiger partial charge in [-0.1, -0.05) is 40.2 Å². The van der Waals surface area contributed by atoms with E-state index in [9.17, 15) is 4.79 Å². The summed E-state index contributed by atoms with van der Waals surface area (Å²) in [6.45, 7) is 2.50. The van der Waals surface area contributed by atoms with E-state index < -0.39 is 0 Å². The first-order valence-corrected chi connectivity index (χ1v) is 8.98. The highest BCUT2D eigenvalue weighted by molar-refractivity contribution is 9.10. The lowest BCUT2D eigenvalue weighted by atomic mass is 10.2. The maximum absolute atomic E-state index is 12.7. The number of hydrogen-bond donors (Lipinski definition) is 0. The lowest BCUT2D eigenvalue weighted by Crippen LogP contribution is -2.26. The number of aromatic nitrogens is 2. The Bertz CT molecular complexity index is 936. The van der Waals surface area contributed by atoms with E-state index in [1.807, 2.05) is 49.4 Å². The Labute approximate surface area is 161 Å². The van der Waals surface area contributed by atoms with Crippen LogP contribution < -0.4 is 4.74 Å². The van der Waals surface area contributed by atoms with Crippen molar-refractivity contribution in [1.29, 1.82) is 0 Å². The predicted octanol–water partition coefficient (Wildman–Crippen LogP) is 4.22. The molecule has 134 valence electrons. The minimum Gasteiger partial charge on any atom is -0.494 e. The van der Waals surface area contributed by atoms with Crippen LogP contribution in [-0.4, -0.2) is 34.7 Å². The third-order valence-electron chi connectivity index (χ3n) is 4.10. The molecule has 0 unspecified atom stereocenters. The molecule has 0 spiro atoms. The number of carbonyl (C=O) groups excluding carboxylic acids is 1. The normalized spacial score (nSPS) is 10.6. The predicted molar refractivity (Wildman–Crippen MR) is 105 cm³/mol. The number of aryl methyl sites for hydroxylation is 1. The van der Waals surface area contributed by atoms with Crippen molar-refractivity contribution in [2.75, 3.05) is 14.2 Å². The van der Waals surface area contributed by atoms with Gasteiger partial charge in [-0.3, -0.25) is 4.79 Å². The zero-order valence-electron chi connectivity index (χ0n) is 14.9. The minimum absolute atomic E-state index is 0.133. The largest absolute Gasteiger partial charge is 0.494 e. The molecule has 3 aromatic rings. The van der Waals surface area contributed by atoms with Crippen LogP contribution in [0.4, 0.5) is 0 Å². The average molecular weight is 414 g/mol. The van der Waals surface area contributed by atoms with Crippen LogP contribution in [-0.2, 0) is 6.54 Å². The number of nitrogens with zero attached hydrogens (tertiary/aromatic N) is 3. The minimum atomic E-state index is -0.133. The lowest BCUT2D eigenvalue weighted by Gasteiger charge is -2.17. The van der Waals surface area contributed by atoms with E-state index in [2.05, 4.69) is 21.0 Å². The second kappa shape index (κ2) is 7.74. The van der Waals surface area contributed by atoms with Crippen LogP contribution in [0.3, 0.4) is 0 Å². The molecule has 0 aliphatic heterocycles. The fraction of sp³-hybridized carbons (Fsp3) is 0.200. The van der Waals surface area contributed by atoms with Crippen LogP contribution >= 0.6 is 15.9 Å². The first-order valence-electron chi connectivity index (χ1n) is 8.19. The number of ether oxygens (including phenoxy) is 1. The number of benzene rings is 2. The molecule has 0 atom stereocenters. The molecule has 0 aliphatic carbocycles. The van der Waals surface area contributed by atoms with E-state index in [1.54, 1.807) is 36.0 Å². The van der Waals surface area contributed by atoms with Crippen LogP contribution in [0.25, 0.3) is 5.69 Å². The lowest BCUT2D eigenvalue weighted by molar-refractivity contribution is 0.0778. The van der Waals surface area contributed by atoms with Crippen molar-refractivity contribution in [2.45, 2.75) is 13.5 Å². The molecular weight excluding hydrogens is 394 g/mol. The van der Waals surface area contributed by atoms with Gasteiger partial charge in [-0.2, -0.15) is 5.10 Å². The van der Waals surface area contributed by atoms with E-state index in [-0.39, 0.29) is 5.91 Å². The topological polar surface area (TPSA) is 47.4 Å². The van der Waals surface area contributed by atoms with Crippen LogP contribution in [0.2, 0.25) is 0 Å². The second-order valence-corrected chi connectivity index (χ2v) is 6.93. The molecule has 1 amide bonds. The highest BCUT2D eigenvalue weighted by Gasteiger charge is 2.17. The molecule has 0 bridgehead atoms. The fourth-order valence-electron chi connectivity index (χ4n) is 2.70. The Hall–Kier alpha value is -2.60. The summed E-state index contributed by atoms with van der Waals surface area (Å²) in [6.07, 6.45) is 1.77. The van der Waals surface area contributed by atoms with Gasteiger partial charge >= 0.3 is 0 Å². The number of halogens is 1. The van der Waals surface area contributed by atoms with Crippen molar-refractivity contribution < 1.29 is 9.53 Å². The fourth-order valence-corrected chi connectivity index (χ4v) is 3.11. The number of carbonyl (C=O) groups is 1. The van der Waals surface area contributed by atoms with Gasteiger partial charge in [0, 0.05) is 24.3 Å². The molecule has 1 heterocycles. The zero-order valence-corrected chi connectivity index (χ0v) is 16.5. The standard InChI is InChI=1S/C20H20BrN3O2/c1-14-8-9-19(26-3)18(12-14)24-11-10-17(22-24)20(25)23(2)13-15-6-4-5-7-16(15)21/h4-12H,13H2,1-3H3. The molecule has 0 fully saturated rings. The molecule has 1 aromatic heterocycles. The van der Waals surface area contributed by atoms with Gasteiger partial charge in [0.1, 0.15) is 11.4 Å². The molecule has 0 aliphatic rings. The van der Waals surface area contributed by atoms with Gasteiger partial charge in [0.05, 0.1) is 7.11 Å². The molecular formula is C20H20BrN3O2. The Balaban J connectivity index is 1.82. The number of methoxy groups -OCH3 is 1. The summed E-state index contributed by atoms with van der Waals surface area (Å²) in [6, 6.07) is 15.4. The maximum atomic E-state index is 12.7. The van der Waals surface area contributed by atoms with E-state index in [1.165, 1.54) is 0 Å². The maximum Gasteiger partial charge on any atom is 0.274 e.